The number of hydrogen-bond acceptors (Lipinski definition) is 6. The Bertz CT molecular complexity index is 1070. The maximum atomic E-state index is 13.0. The highest BCUT2D eigenvalue weighted by Crippen LogP contribution is 2.49. The minimum atomic E-state index is -0.694. The summed E-state index contributed by atoms with van der Waals surface area (Å²) in [5, 5.41) is 7.08. The van der Waals surface area contributed by atoms with Gasteiger partial charge in [-0.05, 0) is 56.2 Å². The van der Waals surface area contributed by atoms with Crippen LogP contribution in [0.2, 0.25) is 0 Å². The van der Waals surface area contributed by atoms with Crippen molar-refractivity contribution in [3.8, 4) is 17.1 Å². The minimum Gasteiger partial charge on any atom is -0.497 e. The van der Waals surface area contributed by atoms with Gasteiger partial charge in [0.2, 0.25) is 5.91 Å². The van der Waals surface area contributed by atoms with E-state index in [9.17, 15) is 9.59 Å². The fourth-order valence-corrected chi connectivity index (χ4v) is 3.29. The normalized spacial score (nSPS) is 14.1. The third kappa shape index (κ3) is 3.78. The number of esters is 1. The molecule has 1 heterocycles. The summed E-state index contributed by atoms with van der Waals surface area (Å²) < 4.78 is 15.7. The second kappa shape index (κ2) is 8.02. The Kier molecular flexibility index (Phi) is 5.27. The van der Waals surface area contributed by atoms with Gasteiger partial charge in [0.05, 0.1) is 30.4 Å². The van der Waals surface area contributed by atoms with Crippen molar-refractivity contribution in [1.29, 1.82) is 0 Å². The second-order valence-electron chi connectivity index (χ2n) is 7.14. The highest BCUT2D eigenvalue weighted by molar-refractivity contribution is 6.01. The van der Waals surface area contributed by atoms with Crippen LogP contribution in [0.1, 0.15) is 35.8 Å². The van der Waals surface area contributed by atoms with Crippen LogP contribution < -0.4 is 10.1 Å². The van der Waals surface area contributed by atoms with Gasteiger partial charge in [-0.15, -0.1) is 0 Å². The van der Waals surface area contributed by atoms with E-state index in [1.807, 2.05) is 30.3 Å². The van der Waals surface area contributed by atoms with Gasteiger partial charge in [0.1, 0.15) is 5.75 Å². The van der Waals surface area contributed by atoms with Crippen molar-refractivity contribution < 1.29 is 23.6 Å². The van der Waals surface area contributed by atoms with Gasteiger partial charge in [0, 0.05) is 17.3 Å². The molecule has 0 atom stereocenters. The van der Waals surface area contributed by atoms with Crippen molar-refractivity contribution in [1.82, 2.24) is 5.16 Å². The quantitative estimate of drug-likeness (QED) is 0.592. The Morgan fingerprint density at radius 1 is 1.13 bits per heavy atom. The lowest BCUT2D eigenvalue weighted by molar-refractivity contribution is -0.118. The summed E-state index contributed by atoms with van der Waals surface area (Å²) in [5.74, 6) is 0.774. The number of aromatic nitrogens is 1. The van der Waals surface area contributed by atoms with Crippen LogP contribution in [0.4, 0.5) is 5.69 Å². The minimum absolute atomic E-state index is 0.142. The van der Waals surface area contributed by atoms with Crippen LogP contribution in [0.15, 0.2) is 59.1 Å². The fraction of sp³-hybridized carbons (Fsp3) is 0.261. The molecule has 0 radical (unpaired) electrons. The van der Waals surface area contributed by atoms with Crippen LogP contribution in [0.3, 0.4) is 0 Å². The first-order valence-corrected chi connectivity index (χ1v) is 9.76. The van der Waals surface area contributed by atoms with E-state index in [0.29, 0.717) is 42.2 Å². The van der Waals surface area contributed by atoms with E-state index >= 15 is 0 Å². The average molecular weight is 406 g/mol. The monoisotopic (exact) mass is 406 g/mol. The summed E-state index contributed by atoms with van der Waals surface area (Å²) in [6.07, 6.45) is 1.40. The summed E-state index contributed by atoms with van der Waals surface area (Å²) in [7, 11) is 1.60. The molecule has 0 saturated heterocycles. The number of carbonyl (C=O) groups is 2. The van der Waals surface area contributed by atoms with Crippen molar-refractivity contribution in [2.75, 3.05) is 19.0 Å². The highest BCUT2D eigenvalue weighted by atomic mass is 16.5. The highest BCUT2D eigenvalue weighted by Gasteiger charge is 2.53. The summed E-state index contributed by atoms with van der Waals surface area (Å²) in [6, 6.07) is 15.9. The SMILES string of the molecule is CCOC(=O)c1ccc(NC(=O)C2(c3cc(-c4cccc(OC)c4)on3)CC2)cc1. The van der Waals surface area contributed by atoms with Crippen molar-refractivity contribution >= 4 is 17.6 Å². The lowest BCUT2D eigenvalue weighted by Gasteiger charge is -2.12. The Hall–Kier alpha value is -3.61. The standard InChI is InChI=1S/C23H22N2O5/c1-3-29-21(26)15-7-9-17(10-8-15)24-22(27)23(11-12-23)20-14-19(30-25-20)16-5-4-6-18(13-16)28-2/h4-10,13-14H,3,11-12H2,1-2H3,(H,24,27). The zero-order valence-electron chi connectivity index (χ0n) is 16.8. The molecule has 1 N–H and O–H groups in total. The lowest BCUT2D eigenvalue weighted by Crippen LogP contribution is -2.28. The number of methoxy groups -OCH3 is 1. The van der Waals surface area contributed by atoms with Crippen LogP contribution >= 0.6 is 0 Å². The predicted octanol–water partition coefficient (Wildman–Crippen LogP) is 4.20. The first-order valence-electron chi connectivity index (χ1n) is 9.76. The molecule has 1 aliphatic rings. The average Bonchev–Trinajstić information content (AvgIpc) is 3.44. The number of ether oxygens (including phenoxy) is 2. The number of hydrogen-bond donors (Lipinski definition) is 1. The van der Waals surface area contributed by atoms with E-state index in [1.165, 1.54) is 0 Å². The van der Waals surface area contributed by atoms with E-state index in [-0.39, 0.29) is 11.9 Å². The van der Waals surface area contributed by atoms with E-state index in [0.717, 1.165) is 11.3 Å². The van der Waals surface area contributed by atoms with Crippen LogP contribution in [0.25, 0.3) is 11.3 Å². The molecule has 7 heteroatoms. The number of amides is 1. The van der Waals surface area contributed by atoms with Crippen molar-refractivity contribution in [2.45, 2.75) is 25.2 Å². The van der Waals surface area contributed by atoms with Gasteiger partial charge >= 0.3 is 5.97 Å². The zero-order valence-corrected chi connectivity index (χ0v) is 16.8. The van der Waals surface area contributed by atoms with Gasteiger partial charge in [-0.1, -0.05) is 17.3 Å². The molecule has 154 valence electrons. The van der Waals surface area contributed by atoms with Gasteiger partial charge < -0.3 is 19.3 Å². The van der Waals surface area contributed by atoms with E-state index in [2.05, 4.69) is 10.5 Å². The number of benzene rings is 2. The molecular formula is C23H22N2O5. The van der Waals surface area contributed by atoms with Gasteiger partial charge in [-0.3, -0.25) is 4.79 Å². The molecule has 2 aromatic carbocycles. The third-order valence-corrected chi connectivity index (χ3v) is 5.19. The number of nitrogens with one attached hydrogen (secondary N) is 1. The molecule has 7 nitrogen and oxygen atoms in total. The molecular weight excluding hydrogens is 384 g/mol. The van der Waals surface area contributed by atoms with Crippen LogP contribution in [0.5, 0.6) is 5.75 Å². The molecule has 0 aliphatic heterocycles. The molecule has 1 aliphatic carbocycles. The smallest absolute Gasteiger partial charge is 0.338 e. The molecule has 30 heavy (non-hydrogen) atoms. The van der Waals surface area contributed by atoms with E-state index < -0.39 is 5.41 Å². The van der Waals surface area contributed by atoms with Crippen LogP contribution in [0, 0.1) is 0 Å². The summed E-state index contributed by atoms with van der Waals surface area (Å²) in [4.78, 5) is 24.7. The molecule has 0 unspecified atom stereocenters. The van der Waals surface area contributed by atoms with E-state index in [4.69, 9.17) is 14.0 Å². The maximum absolute atomic E-state index is 13.0. The summed E-state index contributed by atoms with van der Waals surface area (Å²) in [6.45, 7) is 2.07. The molecule has 0 spiro atoms. The summed E-state index contributed by atoms with van der Waals surface area (Å²) in [5.41, 5.74) is 1.80. The first kappa shape index (κ1) is 19.7. The number of anilines is 1. The lowest BCUT2D eigenvalue weighted by atomic mass is 10.00. The van der Waals surface area contributed by atoms with Crippen molar-refractivity contribution in [2.24, 2.45) is 0 Å². The predicted molar refractivity (Wildman–Crippen MR) is 110 cm³/mol. The number of nitrogens with zero attached hydrogens (tertiary/aromatic N) is 1. The second-order valence-corrected chi connectivity index (χ2v) is 7.14. The molecule has 4 rings (SSSR count). The third-order valence-electron chi connectivity index (χ3n) is 5.19. The van der Waals surface area contributed by atoms with Crippen molar-refractivity contribution in [3.63, 3.8) is 0 Å². The molecule has 1 saturated carbocycles. The fourth-order valence-electron chi connectivity index (χ4n) is 3.29. The number of carbonyl (C=O) groups excluding carboxylic acids is 2. The zero-order chi connectivity index (χ0) is 21.1. The Balaban J connectivity index is 1.48. The summed E-state index contributed by atoms with van der Waals surface area (Å²) >= 11 is 0. The van der Waals surface area contributed by atoms with Gasteiger partial charge in [0.15, 0.2) is 5.76 Å². The molecule has 0 bridgehead atoms. The molecule has 3 aromatic rings. The largest absolute Gasteiger partial charge is 0.497 e. The van der Waals surface area contributed by atoms with Crippen LogP contribution in [-0.2, 0) is 14.9 Å². The van der Waals surface area contributed by atoms with E-state index in [1.54, 1.807) is 38.3 Å². The Morgan fingerprint density at radius 3 is 2.57 bits per heavy atom. The van der Waals surface area contributed by atoms with Crippen LogP contribution in [-0.4, -0.2) is 30.7 Å². The topological polar surface area (TPSA) is 90.7 Å². The molecule has 1 aromatic heterocycles. The van der Waals surface area contributed by atoms with Gasteiger partial charge in [-0.25, -0.2) is 4.79 Å². The maximum Gasteiger partial charge on any atom is 0.338 e. The van der Waals surface area contributed by atoms with Crippen molar-refractivity contribution in [3.05, 3.63) is 65.9 Å². The van der Waals surface area contributed by atoms with Gasteiger partial charge in [0.25, 0.3) is 0 Å². The Morgan fingerprint density at radius 2 is 1.90 bits per heavy atom. The molecule has 1 fully saturated rings. The number of rotatable bonds is 7. The molecule has 1 amide bonds. The Labute approximate surface area is 174 Å². The van der Waals surface area contributed by atoms with Gasteiger partial charge in [-0.2, -0.15) is 0 Å². The first-order chi connectivity index (χ1) is 14.6.